The SMILES string of the molecule is C=CCN1CC[C@]23c4c5c(O)cc(OC(C)=O)c4O[C@H]2[C@H](N(CC(c2ccccc2)c2ccccc2)C(=O)CCCCC(=O)c2ccccc2)CC[C@H]3[C@H]1C5. The number of aromatic hydroxyl groups is 1. The summed E-state index contributed by atoms with van der Waals surface area (Å²) in [4.78, 5) is 44.8. The number of phenolic OH excluding ortho intramolecular Hbond substituents is 1. The van der Waals surface area contributed by atoms with Crippen molar-refractivity contribution < 1.29 is 29.0 Å². The number of phenols is 1. The van der Waals surface area contributed by atoms with Crippen LogP contribution in [-0.2, 0) is 21.4 Å². The third-order valence-electron chi connectivity index (χ3n) is 12.8. The quantitative estimate of drug-likeness (QED) is 0.0461. The number of ketones is 1. The van der Waals surface area contributed by atoms with Gasteiger partial charge in [-0.05, 0) is 62.1 Å². The molecule has 2 aliphatic heterocycles. The number of carbonyl (C=O) groups is 3. The molecule has 2 aliphatic carbocycles. The van der Waals surface area contributed by atoms with E-state index in [0.29, 0.717) is 50.0 Å². The molecule has 2 fully saturated rings. The van der Waals surface area contributed by atoms with Crippen molar-refractivity contribution in [3.63, 3.8) is 0 Å². The fourth-order valence-corrected chi connectivity index (χ4v) is 10.5. The lowest BCUT2D eigenvalue weighted by atomic mass is 9.50. The minimum absolute atomic E-state index is 0.0446. The van der Waals surface area contributed by atoms with Crippen molar-refractivity contribution in [3.05, 3.63) is 138 Å². The Balaban J connectivity index is 1.17. The molecule has 284 valence electrons. The molecule has 8 heteroatoms. The summed E-state index contributed by atoms with van der Waals surface area (Å²) in [6.07, 6.45) is 6.56. The molecule has 0 radical (unpaired) electrons. The summed E-state index contributed by atoms with van der Waals surface area (Å²) in [6.45, 7) is 7.46. The lowest BCUT2D eigenvalue weighted by molar-refractivity contribution is -0.143. The molecule has 1 N–H and O–H groups in total. The van der Waals surface area contributed by atoms with Crippen molar-refractivity contribution in [1.29, 1.82) is 0 Å². The molecule has 5 atom stereocenters. The van der Waals surface area contributed by atoms with Crippen LogP contribution in [0.15, 0.2) is 110 Å². The number of hydrogen-bond acceptors (Lipinski definition) is 7. The standard InChI is InChI=1S/C47H50N2O6/c1-3-26-48-27-25-47-37-23-24-38(46(47)55-45-42(54-31(2)50)29-41(52)35(44(45)47)28-39(37)48)49(43(53)22-14-13-21-40(51)34-19-11-6-12-20-34)30-36(32-15-7-4-8-16-32)33-17-9-5-10-18-33/h3-12,15-20,29,36-39,46,52H,1,13-14,21-28,30H2,2H3/t37-,38+,39+,46-,47-/m0/s1. The summed E-state index contributed by atoms with van der Waals surface area (Å²) in [7, 11) is 0. The molecule has 0 unspecified atom stereocenters. The second-order valence-electron chi connectivity index (χ2n) is 15.7. The summed E-state index contributed by atoms with van der Waals surface area (Å²) in [5, 5.41) is 11.5. The molecule has 1 saturated carbocycles. The Labute approximate surface area is 323 Å². The Morgan fingerprint density at radius 1 is 0.964 bits per heavy atom. The van der Waals surface area contributed by atoms with Crippen LogP contribution < -0.4 is 9.47 Å². The van der Waals surface area contributed by atoms with Gasteiger partial charge in [0.2, 0.25) is 5.91 Å². The maximum absolute atomic E-state index is 14.9. The zero-order valence-electron chi connectivity index (χ0n) is 31.6. The summed E-state index contributed by atoms with van der Waals surface area (Å²) in [5.74, 6) is 0.687. The molecular formula is C47H50N2O6. The van der Waals surface area contributed by atoms with E-state index in [9.17, 15) is 19.5 Å². The van der Waals surface area contributed by atoms with Crippen LogP contribution in [0.25, 0.3) is 0 Å². The van der Waals surface area contributed by atoms with Gasteiger partial charge >= 0.3 is 5.97 Å². The second kappa shape index (κ2) is 15.5. The first-order valence-electron chi connectivity index (χ1n) is 19.9. The predicted octanol–water partition coefficient (Wildman–Crippen LogP) is 8.02. The summed E-state index contributed by atoms with van der Waals surface area (Å²) in [6, 6.07) is 31.5. The highest BCUT2D eigenvalue weighted by molar-refractivity contribution is 5.96. The zero-order chi connectivity index (χ0) is 38.1. The average Bonchev–Trinajstić information content (AvgIpc) is 3.55. The highest BCUT2D eigenvalue weighted by atomic mass is 16.6. The van der Waals surface area contributed by atoms with Gasteiger partial charge in [-0.1, -0.05) is 97.1 Å². The Hall–Kier alpha value is -5.21. The lowest BCUT2D eigenvalue weighted by Gasteiger charge is -2.60. The van der Waals surface area contributed by atoms with Crippen molar-refractivity contribution in [3.8, 4) is 17.2 Å². The number of carbonyl (C=O) groups excluding carboxylic acids is 3. The van der Waals surface area contributed by atoms with E-state index in [1.54, 1.807) is 0 Å². The molecule has 8 rings (SSSR count). The van der Waals surface area contributed by atoms with Crippen LogP contribution >= 0.6 is 0 Å². The Kier molecular flexibility index (Phi) is 10.4. The number of likely N-dealkylation sites (tertiary alicyclic amines) is 1. The van der Waals surface area contributed by atoms with E-state index in [4.69, 9.17) is 9.47 Å². The predicted molar refractivity (Wildman–Crippen MR) is 212 cm³/mol. The topological polar surface area (TPSA) is 96.4 Å². The maximum atomic E-state index is 14.9. The number of unbranched alkanes of at least 4 members (excludes halogenated alkanes) is 1. The second-order valence-corrected chi connectivity index (χ2v) is 15.7. The van der Waals surface area contributed by atoms with Gasteiger partial charge in [-0.2, -0.15) is 0 Å². The van der Waals surface area contributed by atoms with Crippen molar-refractivity contribution in [1.82, 2.24) is 9.80 Å². The number of benzene rings is 4. The van der Waals surface area contributed by atoms with Gasteiger partial charge < -0.3 is 19.5 Å². The van der Waals surface area contributed by atoms with Crippen molar-refractivity contribution in [2.45, 2.75) is 87.8 Å². The van der Waals surface area contributed by atoms with Crippen LogP contribution in [0.1, 0.15) is 90.4 Å². The molecule has 1 saturated heterocycles. The van der Waals surface area contributed by atoms with Crippen LogP contribution in [0.5, 0.6) is 17.2 Å². The van der Waals surface area contributed by atoms with Gasteiger partial charge in [-0.25, -0.2) is 0 Å². The third-order valence-corrected chi connectivity index (χ3v) is 12.8. The normalized spacial score (nSPS) is 23.4. The minimum atomic E-state index is -0.481. The molecule has 2 heterocycles. The molecule has 4 aliphatic rings. The zero-order valence-corrected chi connectivity index (χ0v) is 31.6. The van der Waals surface area contributed by atoms with E-state index in [2.05, 4.69) is 40.6 Å². The number of Topliss-reactive ketones (excluding diaryl/α,β-unsaturated/α-hetero) is 1. The summed E-state index contributed by atoms with van der Waals surface area (Å²) < 4.78 is 12.9. The first-order valence-corrected chi connectivity index (χ1v) is 19.9. The van der Waals surface area contributed by atoms with Gasteiger partial charge in [0, 0.05) is 73.0 Å². The van der Waals surface area contributed by atoms with Gasteiger partial charge in [0.15, 0.2) is 17.3 Å². The smallest absolute Gasteiger partial charge is 0.308 e. The van der Waals surface area contributed by atoms with E-state index in [1.807, 2.05) is 72.8 Å². The number of rotatable bonds is 14. The highest BCUT2D eigenvalue weighted by Gasteiger charge is 2.67. The maximum Gasteiger partial charge on any atom is 0.308 e. The molecule has 4 aromatic rings. The molecule has 2 bridgehead atoms. The van der Waals surface area contributed by atoms with Crippen LogP contribution in [0.4, 0.5) is 0 Å². The first-order chi connectivity index (χ1) is 26.8. The minimum Gasteiger partial charge on any atom is -0.508 e. The van der Waals surface area contributed by atoms with Gasteiger partial charge in [0.25, 0.3) is 0 Å². The summed E-state index contributed by atoms with van der Waals surface area (Å²) in [5.41, 5.74) is 4.30. The van der Waals surface area contributed by atoms with E-state index < -0.39 is 17.5 Å². The van der Waals surface area contributed by atoms with E-state index >= 15 is 0 Å². The molecule has 1 amide bonds. The number of hydrogen-bond donors (Lipinski definition) is 1. The first kappa shape index (κ1) is 36.8. The van der Waals surface area contributed by atoms with Crippen molar-refractivity contribution in [2.75, 3.05) is 19.6 Å². The van der Waals surface area contributed by atoms with Gasteiger partial charge in [-0.3, -0.25) is 19.3 Å². The van der Waals surface area contributed by atoms with E-state index in [1.165, 1.54) is 13.0 Å². The van der Waals surface area contributed by atoms with E-state index in [-0.39, 0.29) is 47.1 Å². The molecule has 4 aromatic carbocycles. The van der Waals surface area contributed by atoms with E-state index in [0.717, 1.165) is 54.6 Å². The Morgan fingerprint density at radius 3 is 2.27 bits per heavy atom. The molecule has 0 aromatic heterocycles. The Morgan fingerprint density at radius 2 is 1.62 bits per heavy atom. The van der Waals surface area contributed by atoms with Crippen LogP contribution in [0.3, 0.4) is 0 Å². The molecule has 1 spiro atoms. The largest absolute Gasteiger partial charge is 0.508 e. The van der Waals surface area contributed by atoms with Gasteiger partial charge in [0.05, 0.1) is 6.04 Å². The number of amides is 1. The molecule has 55 heavy (non-hydrogen) atoms. The molecule has 8 nitrogen and oxygen atoms in total. The van der Waals surface area contributed by atoms with Gasteiger partial charge in [-0.15, -0.1) is 6.58 Å². The van der Waals surface area contributed by atoms with Crippen molar-refractivity contribution >= 4 is 17.7 Å². The average molecular weight is 739 g/mol. The lowest BCUT2D eigenvalue weighted by Crippen LogP contribution is -2.69. The fraction of sp³-hybridized carbons (Fsp3) is 0.383. The monoisotopic (exact) mass is 738 g/mol. The number of nitrogens with zero attached hydrogens (tertiary/aromatic N) is 2. The Bertz CT molecular complexity index is 2010. The third kappa shape index (κ3) is 6.75. The number of ether oxygens (including phenoxy) is 2. The highest BCUT2D eigenvalue weighted by Crippen LogP contribution is 2.65. The summed E-state index contributed by atoms with van der Waals surface area (Å²) >= 11 is 0. The van der Waals surface area contributed by atoms with Crippen LogP contribution in [0.2, 0.25) is 0 Å². The van der Waals surface area contributed by atoms with Crippen LogP contribution in [-0.4, -0.2) is 70.4 Å². The molecular weight excluding hydrogens is 689 g/mol. The van der Waals surface area contributed by atoms with Crippen molar-refractivity contribution in [2.24, 2.45) is 5.92 Å². The number of piperidine rings is 1. The fourth-order valence-electron chi connectivity index (χ4n) is 10.5. The number of esters is 1. The van der Waals surface area contributed by atoms with Gasteiger partial charge in [0.1, 0.15) is 11.9 Å². The van der Waals surface area contributed by atoms with Crippen LogP contribution in [0, 0.1) is 5.92 Å².